The predicted octanol–water partition coefficient (Wildman–Crippen LogP) is 4.66. The van der Waals surface area contributed by atoms with Gasteiger partial charge in [-0.25, -0.2) is 0 Å². The average Bonchev–Trinajstić information content (AvgIpc) is 2.47. The van der Waals surface area contributed by atoms with E-state index in [9.17, 15) is 0 Å². The summed E-state index contributed by atoms with van der Waals surface area (Å²) in [5.74, 6) is 0. The largest absolute Gasteiger partial charge is 0.399 e. The van der Waals surface area contributed by atoms with Gasteiger partial charge in [-0.15, -0.1) is 0 Å². The second-order valence-corrected chi connectivity index (χ2v) is 4.64. The monoisotopic (exact) mass is 279 g/mol. The van der Waals surface area contributed by atoms with Crippen molar-refractivity contribution in [3.63, 3.8) is 0 Å². The molecule has 3 nitrogen and oxygen atoms in total. The molecule has 0 heterocycles. The summed E-state index contributed by atoms with van der Waals surface area (Å²) in [4.78, 5) is 4.87. The molecule has 20 heavy (non-hydrogen) atoms. The smallest absolute Gasteiger partial charge is 0.106 e. The van der Waals surface area contributed by atoms with Gasteiger partial charge in [-0.2, -0.15) is 0 Å². The van der Waals surface area contributed by atoms with E-state index in [0.717, 1.165) is 30.5 Å². The van der Waals surface area contributed by atoms with Crippen molar-refractivity contribution in [3.05, 3.63) is 36.0 Å². The molecule has 0 radical (unpaired) electrons. The molecule has 0 saturated heterocycles. The van der Waals surface area contributed by atoms with Gasteiger partial charge in [0.2, 0.25) is 0 Å². The molecule has 0 N–H and O–H groups in total. The number of rotatable bonds is 10. The van der Waals surface area contributed by atoms with Crippen LogP contribution in [-0.2, 0) is 9.57 Å². The van der Waals surface area contributed by atoms with Crippen molar-refractivity contribution >= 4 is 5.71 Å². The van der Waals surface area contributed by atoms with Crippen molar-refractivity contribution in [2.75, 3.05) is 13.7 Å². The van der Waals surface area contributed by atoms with Crippen LogP contribution in [0.3, 0.4) is 0 Å². The van der Waals surface area contributed by atoms with Crippen molar-refractivity contribution in [2.24, 2.45) is 5.16 Å². The Labute approximate surface area is 124 Å². The normalized spacial score (nSPS) is 14.7. The van der Waals surface area contributed by atoms with Gasteiger partial charge >= 0.3 is 0 Å². The number of ether oxygens (including phenoxy) is 1. The summed E-state index contributed by atoms with van der Waals surface area (Å²) in [5.41, 5.74) is 3.31. The molecule has 0 aromatic rings. The Morgan fingerprint density at radius 1 is 1.30 bits per heavy atom. The number of hydrogen-bond acceptors (Lipinski definition) is 3. The minimum atomic E-state index is 0.0980. The van der Waals surface area contributed by atoms with Gasteiger partial charge in [-0.05, 0) is 38.7 Å². The topological polar surface area (TPSA) is 30.8 Å². The molecule has 0 aromatic heterocycles. The lowest BCUT2D eigenvalue weighted by atomic mass is 10.0. The van der Waals surface area contributed by atoms with E-state index in [4.69, 9.17) is 9.57 Å². The van der Waals surface area contributed by atoms with Gasteiger partial charge in [-0.3, -0.25) is 0 Å². The molecule has 1 unspecified atom stereocenters. The molecule has 3 heteroatoms. The van der Waals surface area contributed by atoms with E-state index >= 15 is 0 Å². The Hall–Kier alpha value is -1.35. The zero-order valence-electron chi connectivity index (χ0n) is 13.6. The van der Waals surface area contributed by atoms with E-state index in [1.165, 1.54) is 5.57 Å². The number of hydrogen-bond donors (Lipinski definition) is 0. The third kappa shape index (κ3) is 7.95. The van der Waals surface area contributed by atoms with Crippen molar-refractivity contribution in [1.29, 1.82) is 0 Å². The summed E-state index contributed by atoms with van der Waals surface area (Å²) in [5, 5.41) is 4.05. The van der Waals surface area contributed by atoms with Gasteiger partial charge in [0, 0.05) is 0 Å². The molecule has 0 bridgehead atoms. The highest BCUT2D eigenvalue weighted by Crippen LogP contribution is 2.10. The van der Waals surface area contributed by atoms with E-state index in [-0.39, 0.29) is 6.10 Å². The van der Waals surface area contributed by atoms with Crippen LogP contribution < -0.4 is 0 Å². The Bertz CT molecular complexity index is 367. The second kappa shape index (κ2) is 11.5. The first-order valence-corrected chi connectivity index (χ1v) is 7.29. The Balaban J connectivity index is 4.33. The SMILES string of the molecule is C=C(CC)COC(C)/C=C\CC(=C\C)/C(CC)=N/OC. The minimum Gasteiger partial charge on any atom is -0.399 e. The summed E-state index contributed by atoms with van der Waals surface area (Å²) in [7, 11) is 1.58. The average molecular weight is 279 g/mol. The maximum Gasteiger partial charge on any atom is 0.106 e. The third-order valence-electron chi connectivity index (χ3n) is 3.05. The van der Waals surface area contributed by atoms with Gasteiger partial charge < -0.3 is 9.57 Å². The quantitative estimate of drug-likeness (QED) is 0.331. The molecule has 0 aromatic carbocycles. The molecule has 0 saturated carbocycles. The molecule has 0 amide bonds. The van der Waals surface area contributed by atoms with Crippen LogP contribution in [0.1, 0.15) is 47.0 Å². The highest BCUT2D eigenvalue weighted by Gasteiger charge is 2.04. The lowest BCUT2D eigenvalue weighted by Crippen LogP contribution is -2.07. The van der Waals surface area contributed by atoms with E-state index in [1.54, 1.807) is 7.11 Å². The standard InChI is InChI=1S/C17H29NO2/c1-7-14(4)13-20-15(5)11-10-12-16(8-2)17(9-3)18-19-6/h8,10-11,15H,4,7,9,12-13H2,1-3,5-6H3/b11-10-,16-8+,18-17+. The van der Waals surface area contributed by atoms with Gasteiger partial charge in [-0.1, -0.05) is 49.4 Å². The molecule has 0 rings (SSSR count). The molecular weight excluding hydrogens is 250 g/mol. The van der Waals surface area contributed by atoms with Crippen molar-refractivity contribution in [1.82, 2.24) is 0 Å². The summed E-state index contributed by atoms with van der Waals surface area (Å²) < 4.78 is 5.68. The first-order valence-electron chi connectivity index (χ1n) is 7.29. The molecule has 0 aliphatic heterocycles. The Morgan fingerprint density at radius 3 is 2.50 bits per heavy atom. The van der Waals surface area contributed by atoms with E-state index in [2.05, 4.69) is 43.8 Å². The van der Waals surface area contributed by atoms with Crippen LogP contribution in [0, 0.1) is 0 Å². The first-order chi connectivity index (χ1) is 9.58. The number of oxime groups is 1. The van der Waals surface area contributed by atoms with Crippen molar-refractivity contribution < 1.29 is 9.57 Å². The van der Waals surface area contributed by atoms with Crippen LogP contribution in [0.2, 0.25) is 0 Å². The van der Waals surface area contributed by atoms with Gasteiger partial charge in [0.1, 0.15) is 7.11 Å². The highest BCUT2D eigenvalue weighted by molar-refractivity contribution is 5.99. The maximum atomic E-state index is 5.68. The highest BCUT2D eigenvalue weighted by atomic mass is 16.6. The van der Waals surface area contributed by atoms with Crippen LogP contribution in [0.15, 0.2) is 41.1 Å². The molecular formula is C17H29NO2. The van der Waals surface area contributed by atoms with Crippen LogP contribution >= 0.6 is 0 Å². The molecule has 1 atom stereocenters. The fraction of sp³-hybridized carbons (Fsp3) is 0.588. The van der Waals surface area contributed by atoms with Crippen LogP contribution in [0.25, 0.3) is 0 Å². The van der Waals surface area contributed by atoms with Gasteiger partial charge in [0.25, 0.3) is 0 Å². The van der Waals surface area contributed by atoms with Gasteiger partial charge in [0.15, 0.2) is 0 Å². The summed E-state index contributed by atoms with van der Waals surface area (Å²) >= 11 is 0. The lowest BCUT2D eigenvalue weighted by Gasteiger charge is -2.10. The molecule has 0 fully saturated rings. The second-order valence-electron chi connectivity index (χ2n) is 4.64. The summed E-state index contributed by atoms with van der Waals surface area (Å²) in [6, 6.07) is 0. The molecule has 0 aliphatic rings. The first kappa shape index (κ1) is 18.7. The van der Waals surface area contributed by atoms with Crippen molar-refractivity contribution in [2.45, 2.75) is 53.1 Å². The van der Waals surface area contributed by atoms with E-state index in [0.29, 0.717) is 6.61 Å². The van der Waals surface area contributed by atoms with Crippen LogP contribution in [-0.4, -0.2) is 25.5 Å². The molecule has 114 valence electrons. The minimum absolute atomic E-state index is 0.0980. The predicted molar refractivity (Wildman–Crippen MR) is 87.1 cm³/mol. The summed E-state index contributed by atoms with van der Waals surface area (Å²) in [6.45, 7) is 12.8. The fourth-order valence-electron chi connectivity index (χ4n) is 1.66. The van der Waals surface area contributed by atoms with Crippen LogP contribution in [0.5, 0.6) is 0 Å². The van der Waals surface area contributed by atoms with E-state index in [1.807, 2.05) is 13.8 Å². The Kier molecular flexibility index (Phi) is 10.7. The zero-order chi connectivity index (χ0) is 15.4. The van der Waals surface area contributed by atoms with E-state index < -0.39 is 0 Å². The lowest BCUT2D eigenvalue weighted by molar-refractivity contribution is 0.116. The summed E-state index contributed by atoms with van der Waals surface area (Å²) in [6.07, 6.45) is 9.05. The third-order valence-corrected chi connectivity index (χ3v) is 3.05. The Morgan fingerprint density at radius 2 is 2.00 bits per heavy atom. The fourth-order valence-corrected chi connectivity index (χ4v) is 1.66. The maximum absolute atomic E-state index is 5.68. The molecule has 0 spiro atoms. The molecule has 0 aliphatic carbocycles. The van der Waals surface area contributed by atoms with Crippen LogP contribution in [0.4, 0.5) is 0 Å². The zero-order valence-corrected chi connectivity index (χ0v) is 13.6. The van der Waals surface area contributed by atoms with Crippen molar-refractivity contribution in [3.8, 4) is 0 Å². The van der Waals surface area contributed by atoms with Gasteiger partial charge in [0.05, 0.1) is 18.4 Å². The number of nitrogens with zero attached hydrogens (tertiary/aromatic N) is 1. The number of allylic oxidation sites excluding steroid dienone is 3.